The zero-order valence-corrected chi connectivity index (χ0v) is 21.6. The van der Waals surface area contributed by atoms with E-state index in [1.807, 2.05) is 0 Å². The number of ether oxygens (including phenoxy) is 2. The van der Waals surface area contributed by atoms with Crippen LogP contribution in [0.5, 0.6) is 0 Å². The van der Waals surface area contributed by atoms with Crippen LogP contribution in [0.4, 0.5) is 0 Å². The minimum absolute atomic E-state index is 0.395. The Bertz CT molecular complexity index is 1490. The number of aromatic nitrogens is 1. The van der Waals surface area contributed by atoms with Crippen LogP contribution in [0.25, 0.3) is 21.8 Å². The average molecular weight is 574 g/mol. The summed E-state index contributed by atoms with van der Waals surface area (Å²) >= 11 is 0. The molecule has 0 aliphatic carbocycles. The third-order valence-electron chi connectivity index (χ3n) is 7.66. The standard InChI is InChI=1S/C28H31NO12/c30-10-19-23(35)25(37)22(34)18(40-19)6-2-12-1-4-14-15-5-3-13(8-17(15)29(9-21(32)33)16(14)7-12)28-27(39)26(38)24(36)20(11-31)41-28/h1,3-5,7-8,18-20,22-28,30-31,34-39H,9-11H2,(H,32,33)/t18-,19-,20-,22-,23-,24-,25-,26+,27+,28-/m1/s1. The van der Waals surface area contributed by atoms with Gasteiger partial charge in [0.2, 0.25) is 0 Å². The van der Waals surface area contributed by atoms with Gasteiger partial charge in [0.25, 0.3) is 0 Å². The van der Waals surface area contributed by atoms with E-state index in [9.17, 15) is 50.8 Å². The smallest absolute Gasteiger partial charge is 0.323 e. The molecule has 2 saturated heterocycles. The van der Waals surface area contributed by atoms with Crippen LogP contribution in [-0.4, -0.2) is 125 Å². The number of nitrogens with zero attached hydrogens (tertiary/aromatic N) is 1. The predicted molar refractivity (Wildman–Crippen MR) is 140 cm³/mol. The molecule has 2 fully saturated rings. The summed E-state index contributed by atoms with van der Waals surface area (Å²) in [6.07, 6.45) is -13.7. The Morgan fingerprint density at radius 3 is 1.98 bits per heavy atom. The monoisotopic (exact) mass is 573 g/mol. The maximum absolute atomic E-state index is 11.8. The van der Waals surface area contributed by atoms with Crippen molar-refractivity contribution in [1.29, 1.82) is 0 Å². The van der Waals surface area contributed by atoms with E-state index in [2.05, 4.69) is 11.8 Å². The van der Waals surface area contributed by atoms with Crippen molar-refractivity contribution in [2.24, 2.45) is 0 Å². The molecule has 0 radical (unpaired) electrons. The molecule has 0 saturated carbocycles. The lowest BCUT2D eigenvalue weighted by molar-refractivity contribution is -0.231. The molecule has 13 heteroatoms. The van der Waals surface area contributed by atoms with Gasteiger partial charge in [-0.1, -0.05) is 30.0 Å². The van der Waals surface area contributed by atoms with Crippen LogP contribution >= 0.6 is 0 Å². The highest BCUT2D eigenvalue weighted by atomic mass is 16.6. The molecular weight excluding hydrogens is 542 g/mol. The van der Waals surface area contributed by atoms with Crippen molar-refractivity contribution in [3.63, 3.8) is 0 Å². The van der Waals surface area contributed by atoms with Gasteiger partial charge >= 0.3 is 5.97 Å². The zero-order chi connectivity index (χ0) is 29.6. The summed E-state index contributed by atoms with van der Waals surface area (Å²) in [5.41, 5.74) is 1.81. The highest BCUT2D eigenvalue weighted by Gasteiger charge is 2.44. The molecule has 0 amide bonds. The topological polar surface area (TPSA) is 223 Å². The summed E-state index contributed by atoms with van der Waals surface area (Å²) in [7, 11) is 0. The summed E-state index contributed by atoms with van der Waals surface area (Å²) in [4.78, 5) is 11.8. The minimum atomic E-state index is -1.57. The van der Waals surface area contributed by atoms with Crippen LogP contribution in [0.2, 0.25) is 0 Å². The van der Waals surface area contributed by atoms with Gasteiger partial charge in [-0.05, 0) is 23.8 Å². The molecule has 0 unspecified atom stereocenters. The Hall–Kier alpha value is -3.13. The fourth-order valence-electron chi connectivity index (χ4n) is 5.42. The van der Waals surface area contributed by atoms with E-state index >= 15 is 0 Å². The van der Waals surface area contributed by atoms with Crippen molar-refractivity contribution in [2.75, 3.05) is 13.2 Å². The Morgan fingerprint density at radius 1 is 0.756 bits per heavy atom. The van der Waals surface area contributed by atoms with E-state index in [1.165, 1.54) is 4.57 Å². The van der Waals surface area contributed by atoms with Gasteiger partial charge in [0.05, 0.1) is 24.2 Å². The largest absolute Gasteiger partial charge is 0.480 e. The molecule has 3 aromatic rings. The first-order chi connectivity index (χ1) is 19.5. The van der Waals surface area contributed by atoms with Gasteiger partial charge < -0.3 is 60.0 Å². The van der Waals surface area contributed by atoms with Gasteiger partial charge in [0, 0.05) is 16.3 Å². The number of aliphatic carboxylic acids is 1. The van der Waals surface area contributed by atoms with Crippen molar-refractivity contribution in [3.05, 3.63) is 47.5 Å². The predicted octanol–water partition coefficient (Wildman–Crippen LogP) is -2.41. The van der Waals surface area contributed by atoms with E-state index < -0.39 is 86.8 Å². The SMILES string of the molecule is O=C(O)Cn1c2cc(C#C[C@H]3O[C@H](CO)[C@@H](O)[C@H](O)[C@@H]3O)ccc2c2ccc([C@H]3O[C@H](CO)[C@@H](O)[C@H](O)[C@@H]3O)cc21. The van der Waals surface area contributed by atoms with Crippen LogP contribution in [0.3, 0.4) is 0 Å². The van der Waals surface area contributed by atoms with Crippen molar-refractivity contribution in [3.8, 4) is 11.8 Å². The average Bonchev–Trinajstić information content (AvgIpc) is 3.26. The molecule has 220 valence electrons. The fraction of sp³-hybridized carbons (Fsp3) is 0.464. The van der Waals surface area contributed by atoms with Crippen molar-refractivity contribution in [2.45, 2.75) is 67.6 Å². The number of carboxylic acid groups (broad SMARTS) is 1. The maximum Gasteiger partial charge on any atom is 0.323 e. The maximum atomic E-state index is 11.8. The van der Waals surface area contributed by atoms with Crippen LogP contribution in [0.15, 0.2) is 36.4 Å². The summed E-state index contributed by atoms with van der Waals surface area (Å²) in [6, 6.07) is 10.0. The number of fused-ring (bicyclic) bond motifs is 3. The van der Waals surface area contributed by atoms with Crippen molar-refractivity contribution < 1.29 is 60.2 Å². The Kier molecular flexibility index (Phi) is 8.33. The van der Waals surface area contributed by atoms with E-state index in [-0.39, 0.29) is 0 Å². The molecule has 41 heavy (non-hydrogen) atoms. The van der Waals surface area contributed by atoms with Gasteiger partial charge in [0.1, 0.15) is 67.6 Å². The van der Waals surface area contributed by atoms with Gasteiger partial charge in [-0.25, -0.2) is 0 Å². The lowest BCUT2D eigenvalue weighted by Crippen LogP contribution is -2.58. The molecule has 0 spiro atoms. The Labute approximate surface area is 233 Å². The quantitative estimate of drug-likeness (QED) is 0.146. The number of aliphatic hydroxyl groups is 8. The van der Waals surface area contributed by atoms with E-state index in [0.717, 1.165) is 0 Å². The molecule has 2 aliphatic heterocycles. The summed E-state index contributed by atoms with van der Waals surface area (Å²) < 4.78 is 12.6. The highest BCUT2D eigenvalue weighted by Crippen LogP contribution is 2.36. The van der Waals surface area contributed by atoms with Crippen LogP contribution in [0, 0.1) is 11.8 Å². The molecule has 0 bridgehead atoms. The Balaban J connectivity index is 1.54. The molecule has 1 aromatic heterocycles. The fourth-order valence-corrected chi connectivity index (χ4v) is 5.42. The number of carbonyl (C=O) groups is 1. The number of carboxylic acids is 1. The molecule has 3 heterocycles. The lowest BCUT2D eigenvalue weighted by atomic mass is 9.91. The minimum Gasteiger partial charge on any atom is -0.480 e. The van der Waals surface area contributed by atoms with Gasteiger partial charge in [-0.3, -0.25) is 4.79 Å². The summed E-state index contributed by atoms with van der Waals surface area (Å²) in [5.74, 6) is 4.40. The number of hydrogen-bond donors (Lipinski definition) is 9. The second-order valence-corrected chi connectivity index (χ2v) is 10.3. The van der Waals surface area contributed by atoms with Crippen LogP contribution in [-0.2, 0) is 20.8 Å². The van der Waals surface area contributed by atoms with Crippen molar-refractivity contribution in [1.82, 2.24) is 4.57 Å². The third kappa shape index (κ3) is 5.31. The molecule has 13 nitrogen and oxygen atoms in total. The summed E-state index contributed by atoms with van der Waals surface area (Å²) in [5, 5.41) is 91.1. The van der Waals surface area contributed by atoms with Crippen LogP contribution in [0.1, 0.15) is 17.2 Å². The number of rotatable bonds is 5. The van der Waals surface area contributed by atoms with E-state index in [4.69, 9.17) is 9.47 Å². The molecule has 2 aliphatic rings. The van der Waals surface area contributed by atoms with Gasteiger partial charge in [-0.15, -0.1) is 0 Å². The zero-order valence-electron chi connectivity index (χ0n) is 21.6. The molecule has 2 aromatic carbocycles. The number of hydrogen-bond acceptors (Lipinski definition) is 11. The first kappa shape index (κ1) is 29.4. The highest BCUT2D eigenvalue weighted by molar-refractivity contribution is 6.09. The molecular formula is C28H31NO12. The number of benzene rings is 2. The molecule has 10 atom stereocenters. The second-order valence-electron chi connectivity index (χ2n) is 10.3. The van der Waals surface area contributed by atoms with Crippen molar-refractivity contribution >= 4 is 27.8 Å². The number of aliphatic hydroxyl groups excluding tert-OH is 8. The van der Waals surface area contributed by atoms with Gasteiger partial charge in [-0.2, -0.15) is 0 Å². The normalized spacial score (nSPS) is 34.0. The Morgan fingerprint density at radius 2 is 1.34 bits per heavy atom. The molecule has 5 rings (SSSR count). The van der Waals surface area contributed by atoms with Gasteiger partial charge in [0.15, 0.2) is 0 Å². The lowest BCUT2D eigenvalue weighted by Gasteiger charge is -2.40. The van der Waals surface area contributed by atoms with E-state index in [0.29, 0.717) is 32.9 Å². The summed E-state index contributed by atoms with van der Waals surface area (Å²) in [6.45, 7) is -1.60. The third-order valence-corrected chi connectivity index (χ3v) is 7.66. The molecule has 9 N–H and O–H groups in total. The van der Waals surface area contributed by atoms with Crippen LogP contribution < -0.4 is 0 Å². The first-order valence-corrected chi connectivity index (χ1v) is 13.0. The second kappa shape index (κ2) is 11.6. The first-order valence-electron chi connectivity index (χ1n) is 13.0. The van der Waals surface area contributed by atoms with E-state index in [1.54, 1.807) is 36.4 Å².